The van der Waals surface area contributed by atoms with Crippen LogP contribution in [0.1, 0.15) is 16.8 Å². The van der Waals surface area contributed by atoms with Crippen molar-refractivity contribution in [3.63, 3.8) is 0 Å². The summed E-state index contributed by atoms with van der Waals surface area (Å²) < 4.78 is 42.4. The number of carbonyl (C=O) groups excluding carboxylic acids is 1. The Morgan fingerprint density at radius 3 is 2.62 bits per heavy atom. The van der Waals surface area contributed by atoms with E-state index in [1.165, 1.54) is 6.33 Å². The van der Waals surface area contributed by atoms with E-state index in [-0.39, 0.29) is 6.54 Å². The molecule has 4 rings (SSSR count). The fourth-order valence-corrected chi connectivity index (χ4v) is 3.52. The van der Waals surface area contributed by atoms with Gasteiger partial charge in [0, 0.05) is 22.3 Å². The van der Waals surface area contributed by atoms with Crippen LogP contribution in [0.25, 0.3) is 10.9 Å². The molecular weight excluding hydrogens is 509 g/mol. The van der Waals surface area contributed by atoms with E-state index in [1.807, 2.05) is 61.6 Å². The highest BCUT2D eigenvalue weighted by atomic mass is 19.4. The number of fused-ring (bicyclic) bond motifs is 1. The van der Waals surface area contributed by atoms with Gasteiger partial charge in [-0.1, -0.05) is 11.8 Å². The molecule has 0 aliphatic carbocycles. The molecule has 0 saturated carbocycles. The summed E-state index contributed by atoms with van der Waals surface area (Å²) >= 11 is 0. The number of rotatable bonds is 8. The predicted octanol–water partition coefficient (Wildman–Crippen LogP) is 4.80. The van der Waals surface area contributed by atoms with Crippen molar-refractivity contribution in [2.75, 3.05) is 25.0 Å². The molecule has 0 aliphatic rings. The van der Waals surface area contributed by atoms with E-state index in [9.17, 15) is 18.0 Å². The average Bonchev–Trinajstić information content (AvgIpc) is 2.89. The van der Waals surface area contributed by atoms with E-state index in [4.69, 9.17) is 4.74 Å². The summed E-state index contributed by atoms with van der Waals surface area (Å²) in [5, 5.41) is 8.55. The third-order valence-corrected chi connectivity index (χ3v) is 5.40. The fourth-order valence-electron chi connectivity index (χ4n) is 3.52. The molecule has 0 atom stereocenters. The van der Waals surface area contributed by atoms with Crippen molar-refractivity contribution in [2.45, 2.75) is 20.0 Å². The minimum absolute atomic E-state index is 0.00663. The van der Waals surface area contributed by atoms with Gasteiger partial charge in [0.2, 0.25) is 5.91 Å². The van der Waals surface area contributed by atoms with E-state index in [2.05, 4.69) is 37.4 Å². The second-order valence-corrected chi connectivity index (χ2v) is 8.59. The van der Waals surface area contributed by atoms with Crippen molar-refractivity contribution in [3.05, 3.63) is 77.9 Å². The number of amides is 1. The lowest BCUT2D eigenvalue weighted by Gasteiger charge is -2.12. The number of benzene rings is 2. The van der Waals surface area contributed by atoms with Gasteiger partial charge < -0.3 is 20.7 Å². The molecular formula is C28H25F3N6O2. The number of nitrogens with zero attached hydrogens (tertiary/aromatic N) is 3. The molecule has 4 aromatic rings. The van der Waals surface area contributed by atoms with Crippen LogP contribution in [0.2, 0.25) is 0 Å². The van der Waals surface area contributed by atoms with Gasteiger partial charge in [-0.2, -0.15) is 13.2 Å². The maximum absolute atomic E-state index is 12.1. The zero-order valence-electron chi connectivity index (χ0n) is 21.2. The van der Waals surface area contributed by atoms with Crippen LogP contribution in [0.5, 0.6) is 11.5 Å². The maximum Gasteiger partial charge on any atom is 0.401 e. The van der Waals surface area contributed by atoms with Crippen molar-refractivity contribution >= 4 is 28.3 Å². The van der Waals surface area contributed by atoms with Gasteiger partial charge in [-0.3, -0.25) is 9.78 Å². The minimum atomic E-state index is -4.37. The molecule has 39 heavy (non-hydrogen) atoms. The molecule has 2 heterocycles. The van der Waals surface area contributed by atoms with Crippen LogP contribution in [0.4, 0.5) is 24.7 Å². The number of carbonyl (C=O) groups is 1. The SMILES string of the molecule is Cc1ccc(Oc2ccc(Nc3ncnc4ccc(C#CCNC(=O)CNCC(F)(F)F)cc34)cc2C)cn1. The van der Waals surface area contributed by atoms with Crippen LogP contribution >= 0.6 is 0 Å². The third-order valence-electron chi connectivity index (χ3n) is 5.40. The zero-order valence-corrected chi connectivity index (χ0v) is 21.2. The number of aromatic nitrogens is 3. The Kier molecular flexibility index (Phi) is 8.58. The van der Waals surface area contributed by atoms with E-state index in [0.29, 0.717) is 28.4 Å². The lowest BCUT2D eigenvalue weighted by Crippen LogP contribution is -2.38. The Morgan fingerprint density at radius 2 is 1.87 bits per heavy atom. The van der Waals surface area contributed by atoms with E-state index in [1.54, 1.807) is 12.3 Å². The van der Waals surface area contributed by atoms with Crippen molar-refractivity contribution in [3.8, 4) is 23.3 Å². The number of halogens is 3. The Hall–Kier alpha value is -4.69. The van der Waals surface area contributed by atoms with Crippen LogP contribution in [-0.2, 0) is 4.79 Å². The Bertz CT molecular complexity index is 1530. The number of pyridine rings is 1. The Labute approximate surface area is 223 Å². The molecule has 0 aliphatic heterocycles. The van der Waals surface area contributed by atoms with Crippen LogP contribution < -0.4 is 20.7 Å². The number of hydrogen-bond acceptors (Lipinski definition) is 7. The molecule has 200 valence electrons. The largest absolute Gasteiger partial charge is 0.455 e. The van der Waals surface area contributed by atoms with Crippen LogP contribution in [0, 0.1) is 25.7 Å². The topological polar surface area (TPSA) is 101 Å². The predicted molar refractivity (Wildman–Crippen MR) is 142 cm³/mol. The molecule has 2 aromatic carbocycles. The molecule has 8 nitrogen and oxygen atoms in total. The number of ether oxygens (including phenoxy) is 1. The van der Waals surface area contributed by atoms with E-state index >= 15 is 0 Å². The maximum atomic E-state index is 12.1. The summed E-state index contributed by atoms with van der Waals surface area (Å²) in [7, 11) is 0. The van der Waals surface area contributed by atoms with Gasteiger partial charge >= 0.3 is 6.18 Å². The molecule has 0 fully saturated rings. The Balaban J connectivity index is 1.41. The first-order valence-corrected chi connectivity index (χ1v) is 11.9. The van der Waals surface area contributed by atoms with Crippen LogP contribution in [-0.4, -0.2) is 46.7 Å². The highest BCUT2D eigenvalue weighted by Gasteiger charge is 2.26. The lowest BCUT2D eigenvalue weighted by atomic mass is 10.1. The van der Waals surface area contributed by atoms with Gasteiger partial charge in [-0.15, -0.1) is 0 Å². The number of alkyl halides is 3. The monoisotopic (exact) mass is 534 g/mol. The first-order valence-electron chi connectivity index (χ1n) is 11.9. The van der Waals surface area contributed by atoms with Gasteiger partial charge in [0.1, 0.15) is 23.6 Å². The molecule has 0 spiro atoms. The number of aryl methyl sites for hydroxylation is 2. The summed E-state index contributed by atoms with van der Waals surface area (Å²) in [6, 6.07) is 14.9. The molecule has 1 amide bonds. The molecule has 0 radical (unpaired) electrons. The van der Waals surface area contributed by atoms with Crippen molar-refractivity contribution in [1.29, 1.82) is 0 Å². The third kappa shape index (κ3) is 8.15. The first kappa shape index (κ1) is 27.3. The van der Waals surface area contributed by atoms with Crippen LogP contribution in [0.3, 0.4) is 0 Å². The number of nitrogens with one attached hydrogen (secondary N) is 3. The first-order chi connectivity index (χ1) is 18.7. The second-order valence-electron chi connectivity index (χ2n) is 8.59. The highest BCUT2D eigenvalue weighted by molar-refractivity contribution is 5.91. The van der Waals surface area contributed by atoms with E-state index < -0.39 is 25.2 Å². The quantitative estimate of drug-likeness (QED) is 0.279. The number of hydrogen-bond donors (Lipinski definition) is 3. The molecule has 3 N–H and O–H groups in total. The average molecular weight is 535 g/mol. The molecule has 0 saturated heterocycles. The second kappa shape index (κ2) is 12.2. The van der Waals surface area contributed by atoms with Gasteiger partial charge in [0.15, 0.2) is 0 Å². The summed E-state index contributed by atoms with van der Waals surface area (Å²) in [6.07, 6.45) is -1.23. The molecule has 0 bridgehead atoms. The fraction of sp³-hybridized carbons (Fsp3) is 0.214. The normalized spacial score (nSPS) is 11.0. The molecule has 11 heteroatoms. The van der Waals surface area contributed by atoms with Crippen molar-refractivity contribution < 1.29 is 22.7 Å². The van der Waals surface area contributed by atoms with Gasteiger partial charge in [0.05, 0.1) is 31.3 Å². The van der Waals surface area contributed by atoms with Gasteiger partial charge in [-0.25, -0.2) is 9.97 Å². The van der Waals surface area contributed by atoms with Gasteiger partial charge in [0.25, 0.3) is 0 Å². The zero-order chi connectivity index (χ0) is 27.8. The van der Waals surface area contributed by atoms with Crippen molar-refractivity contribution in [2.24, 2.45) is 0 Å². The summed E-state index contributed by atoms with van der Waals surface area (Å²) in [5.41, 5.74) is 4.01. The smallest absolute Gasteiger partial charge is 0.401 e. The lowest BCUT2D eigenvalue weighted by molar-refractivity contribution is -0.128. The van der Waals surface area contributed by atoms with Crippen LogP contribution in [0.15, 0.2) is 61.1 Å². The highest BCUT2D eigenvalue weighted by Crippen LogP contribution is 2.29. The standard InChI is InChI=1S/C28H25F3N6O2/c1-18-12-21(7-10-25(18)39-22-8-5-19(2)34-14-22)37-27-23-13-20(6-9-24(23)35-17-36-27)4-3-11-33-26(38)15-32-16-28(29,30)31/h5-10,12-14,17,32H,11,15-16H2,1-2H3,(H,33,38)(H,35,36,37). The minimum Gasteiger partial charge on any atom is -0.455 e. The summed E-state index contributed by atoms with van der Waals surface area (Å²) in [5.74, 6) is 7.11. The Morgan fingerprint density at radius 1 is 1.03 bits per heavy atom. The number of anilines is 2. The summed E-state index contributed by atoms with van der Waals surface area (Å²) in [6.45, 7) is 2.17. The molecule has 0 unspecified atom stereocenters. The van der Waals surface area contributed by atoms with Gasteiger partial charge in [-0.05, 0) is 67.9 Å². The molecule has 2 aromatic heterocycles. The van der Waals surface area contributed by atoms with Crippen molar-refractivity contribution in [1.82, 2.24) is 25.6 Å². The summed E-state index contributed by atoms with van der Waals surface area (Å²) in [4.78, 5) is 24.6. The van der Waals surface area contributed by atoms with E-state index in [0.717, 1.165) is 22.3 Å².